The molecule has 2 atom stereocenters. The van der Waals surface area contributed by atoms with Gasteiger partial charge in [0, 0.05) is 13.1 Å². The molecule has 0 aromatic rings. The predicted octanol–water partition coefficient (Wildman–Crippen LogP) is 2.17. The van der Waals surface area contributed by atoms with Crippen molar-refractivity contribution in [3.05, 3.63) is 0 Å². The van der Waals surface area contributed by atoms with Crippen LogP contribution in [0, 0.1) is 5.92 Å². The molecule has 1 aliphatic rings. The summed E-state index contributed by atoms with van der Waals surface area (Å²) in [4.78, 5) is 25.2. The van der Waals surface area contributed by atoms with Crippen molar-refractivity contribution >= 4 is 12.1 Å². The fourth-order valence-electron chi connectivity index (χ4n) is 2.56. The number of esters is 1. The first-order chi connectivity index (χ1) is 10.2. The molecule has 1 rings (SSSR count). The summed E-state index contributed by atoms with van der Waals surface area (Å²) in [5.41, 5.74) is -0.457. The number of nitrogens with zero attached hydrogens (tertiary/aromatic N) is 1. The first-order valence-electron chi connectivity index (χ1n) is 8.02. The summed E-state index contributed by atoms with van der Waals surface area (Å²) in [5, 5.41) is 3.15. The molecule has 6 nitrogen and oxygen atoms in total. The molecular weight excluding hydrogens is 284 g/mol. The Kier molecular flexibility index (Phi) is 7.13. The molecule has 0 spiro atoms. The minimum Gasteiger partial charge on any atom is -0.468 e. The van der Waals surface area contributed by atoms with Crippen LogP contribution in [0.4, 0.5) is 4.79 Å². The zero-order chi connectivity index (χ0) is 16.8. The van der Waals surface area contributed by atoms with Crippen molar-refractivity contribution in [3.63, 3.8) is 0 Å². The fourth-order valence-corrected chi connectivity index (χ4v) is 2.56. The van der Waals surface area contributed by atoms with E-state index in [1.807, 2.05) is 20.8 Å². The number of likely N-dealkylation sites (tertiary alicyclic amines) is 1. The van der Waals surface area contributed by atoms with Crippen LogP contribution >= 0.6 is 0 Å². The maximum atomic E-state index is 12.1. The van der Waals surface area contributed by atoms with Crippen LogP contribution in [0.5, 0.6) is 0 Å². The first-order valence-corrected chi connectivity index (χ1v) is 8.02. The number of nitrogens with one attached hydrogen (secondary N) is 1. The highest BCUT2D eigenvalue weighted by atomic mass is 16.6. The van der Waals surface area contributed by atoms with Gasteiger partial charge in [-0.15, -0.1) is 0 Å². The molecule has 0 aromatic carbocycles. The molecule has 1 amide bonds. The number of piperidine rings is 1. The summed E-state index contributed by atoms with van der Waals surface area (Å²) in [6, 6.07) is -0.296. The number of carbonyl (C=O) groups excluding carboxylic acids is 2. The zero-order valence-electron chi connectivity index (χ0n) is 14.5. The van der Waals surface area contributed by atoms with Crippen LogP contribution in [0.15, 0.2) is 0 Å². The van der Waals surface area contributed by atoms with Crippen LogP contribution in [0.25, 0.3) is 0 Å². The Morgan fingerprint density at radius 1 is 1.36 bits per heavy atom. The van der Waals surface area contributed by atoms with E-state index in [0.29, 0.717) is 5.92 Å². The SMILES string of the molecule is COC(=O)C(C)NCCC1CCCN(C(=O)OC(C)(C)C)C1. The highest BCUT2D eigenvalue weighted by molar-refractivity contribution is 5.75. The molecule has 22 heavy (non-hydrogen) atoms. The summed E-state index contributed by atoms with van der Waals surface area (Å²) in [7, 11) is 1.39. The van der Waals surface area contributed by atoms with E-state index in [9.17, 15) is 9.59 Å². The van der Waals surface area contributed by atoms with E-state index in [4.69, 9.17) is 4.74 Å². The molecule has 2 unspecified atom stereocenters. The van der Waals surface area contributed by atoms with Crippen LogP contribution in [0.1, 0.15) is 47.0 Å². The Labute approximate surface area is 133 Å². The van der Waals surface area contributed by atoms with Crippen molar-refractivity contribution in [1.82, 2.24) is 10.2 Å². The Bertz CT molecular complexity index is 379. The van der Waals surface area contributed by atoms with Crippen molar-refractivity contribution in [2.24, 2.45) is 5.92 Å². The van der Waals surface area contributed by atoms with E-state index >= 15 is 0 Å². The zero-order valence-corrected chi connectivity index (χ0v) is 14.5. The van der Waals surface area contributed by atoms with E-state index in [0.717, 1.165) is 38.9 Å². The van der Waals surface area contributed by atoms with E-state index < -0.39 is 5.60 Å². The Morgan fingerprint density at radius 3 is 2.64 bits per heavy atom. The van der Waals surface area contributed by atoms with Crippen molar-refractivity contribution in [1.29, 1.82) is 0 Å². The van der Waals surface area contributed by atoms with E-state index in [-0.39, 0.29) is 18.1 Å². The second-order valence-electron chi connectivity index (χ2n) is 6.92. The standard InChI is InChI=1S/C16H30N2O4/c1-12(14(19)21-5)17-9-8-13-7-6-10-18(11-13)15(20)22-16(2,3)4/h12-13,17H,6-11H2,1-5H3. The number of amides is 1. The molecule has 1 N–H and O–H groups in total. The lowest BCUT2D eigenvalue weighted by molar-refractivity contribution is -0.142. The molecule has 0 saturated carbocycles. The summed E-state index contributed by atoms with van der Waals surface area (Å²) in [5.74, 6) is 0.192. The average molecular weight is 314 g/mol. The van der Waals surface area contributed by atoms with Gasteiger partial charge in [-0.3, -0.25) is 4.79 Å². The quantitative estimate of drug-likeness (QED) is 0.788. The summed E-state index contributed by atoms with van der Waals surface area (Å²) in [6.07, 6.45) is 2.80. The van der Waals surface area contributed by atoms with Gasteiger partial charge in [0.15, 0.2) is 0 Å². The summed E-state index contributed by atoms with van der Waals surface area (Å²) >= 11 is 0. The van der Waals surface area contributed by atoms with Crippen molar-refractivity contribution in [2.45, 2.75) is 58.6 Å². The lowest BCUT2D eigenvalue weighted by atomic mass is 9.95. The van der Waals surface area contributed by atoms with E-state index in [1.54, 1.807) is 11.8 Å². The number of methoxy groups -OCH3 is 1. The largest absolute Gasteiger partial charge is 0.468 e. The monoisotopic (exact) mass is 314 g/mol. The number of ether oxygens (including phenoxy) is 2. The number of carbonyl (C=O) groups is 2. The van der Waals surface area contributed by atoms with Crippen molar-refractivity contribution in [3.8, 4) is 0 Å². The van der Waals surface area contributed by atoms with Gasteiger partial charge in [-0.25, -0.2) is 4.79 Å². The third-order valence-corrected chi connectivity index (χ3v) is 3.73. The summed E-state index contributed by atoms with van der Waals surface area (Å²) < 4.78 is 10.1. The Hall–Kier alpha value is -1.30. The maximum Gasteiger partial charge on any atom is 0.410 e. The van der Waals surface area contributed by atoms with Crippen LogP contribution in [-0.4, -0.2) is 55.3 Å². The van der Waals surface area contributed by atoms with Crippen LogP contribution in [0.2, 0.25) is 0 Å². The van der Waals surface area contributed by atoms with Gasteiger partial charge in [-0.2, -0.15) is 0 Å². The lowest BCUT2D eigenvalue weighted by Gasteiger charge is -2.34. The third-order valence-electron chi connectivity index (χ3n) is 3.73. The predicted molar refractivity (Wildman–Crippen MR) is 84.6 cm³/mol. The average Bonchev–Trinajstić information content (AvgIpc) is 2.44. The summed E-state index contributed by atoms with van der Waals surface area (Å²) in [6.45, 7) is 9.66. The first kappa shape index (κ1) is 18.7. The van der Waals surface area contributed by atoms with E-state index in [2.05, 4.69) is 10.1 Å². The Morgan fingerprint density at radius 2 is 2.05 bits per heavy atom. The highest BCUT2D eigenvalue weighted by Gasteiger charge is 2.27. The molecule has 0 aromatic heterocycles. The van der Waals surface area contributed by atoms with E-state index in [1.165, 1.54) is 7.11 Å². The van der Waals surface area contributed by atoms with Gasteiger partial charge >= 0.3 is 12.1 Å². The minimum atomic E-state index is -0.457. The third kappa shape index (κ3) is 6.64. The van der Waals surface area contributed by atoms with Gasteiger partial charge in [0.05, 0.1) is 7.11 Å². The molecule has 128 valence electrons. The Balaban J connectivity index is 2.34. The lowest BCUT2D eigenvalue weighted by Crippen LogP contribution is -2.44. The molecular formula is C16H30N2O4. The molecule has 0 aliphatic carbocycles. The van der Waals surface area contributed by atoms with Gasteiger partial charge < -0.3 is 19.7 Å². The second-order valence-corrected chi connectivity index (χ2v) is 6.92. The van der Waals surface area contributed by atoms with Crippen molar-refractivity contribution < 1.29 is 19.1 Å². The van der Waals surface area contributed by atoms with Gasteiger partial charge in [0.2, 0.25) is 0 Å². The van der Waals surface area contributed by atoms with Crippen molar-refractivity contribution in [2.75, 3.05) is 26.7 Å². The fraction of sp³-hybridized carbons (Fsp3) is 0.875. The smallest absolute Gasteiger partial charge is 0.410 e. The van der Waals surface area contributed by atoms with Gasteiger partial charge in [0.25, 0.3) is 0 Å². The molecule has 1 heterocycles. The van der Waals surface area contributed by atoms with Crippen LogP contribution in [-0.2, 0) is 14.3 Å². The normalized spacial score (nSPS) is 20.4. The molecule has 0 radical (unpaired) electrons. The molecule has 1 aliphatic heterocycles. The van der Waals surface area contributed by atoms with Crippen LogP contribution < -0.4 is 5.32 Å². The van der Waals surface area contributed by atoms with Gasteiger partial charge in [0.1, 0.15) is 11.6 Å². The number of rotatable bonds is 5. The molecule has 0 bridgehead atoms. The second kappa shape index (κ2) is 8.36. The minimum absolute atomic E-state index is 0.229. The number of hydrogen-bond acceptors (Lipinski definition) is 5. The molecule has 6 heteroatoms. The topological polar surface area (TPSA) is 67.9 Å². The molecule has 1 fully saturated rings. The van der Waals surface area contributed by atoms with Gasteiger partial charge in [-0.05, 0) is 59.4 Å². The molecule has 1 saturated heterocycles. The highest BCUT2D eigenvalue weighted by Crippen LogP contribution is 2.21. The van der Waals surface area contributed by atoms with Crippen LogP contribution in [0.3, 0.4) is 0 Å². The number of hydrogen-bond donors (Lipinski definition) is 1. The van der Waals surface area contributed by atoms with Gasteiger partial charge in [-0.1, -0.05) is 0 Å². The maximum absolute atomic E-state index is 12.1.